The van der Waals surface area contributed by atoms with E-state index in [1.807, 2.05) is 18.4 Å². The molecular weight excluding hydrogens is 262 g/mol. The summed E-state index contributed by atoms with van der Waals surface area (Å²) < 4.78 is 4.80. The molecule has 1 aromatic rings. The number of hydrogen-bond acceptors (Lipinski definition) is 5. The van der Waals surface area contributed by atoms with Crippen LogP contribution in [0.3, 0.4) is 0 Å². The number of rotatable bonds is 5. The molecule has 0 aromatic carbocycles. The van der Waals surface area contributed by atoms with Crippen LogP contribution in [0.4, 0.5) is 0 Å². The SMILES string of the molecule is COC(=O)c1sccc1CN1CCCC1CC(C)O. The summed E-state index contributed by atoms with van der Waals surface area (Å²) in [6.45, 7) is 3.64. The number of aliphatic hydroxyl groups is 1. The van der Waals surface area contributed by atoms with E-state index in [2.05, 4.69) is 4.90 Å². The first kappa shape index (κ1) is 14.5. The smallest absolute Gasteiger partial charge is 0.348 e. The molecule has 2 atom stereocenters. The topological polar surface area (TPSA) is 49.8 Å². The van der Waals surface area contributed by atoms with E-state index >= 15 is 0 Å². The highest BCUT2D eigenvalue weighted by Crippen LogP contribution is 2.26. The molecule has 0 bridgehead atoms. The summed E-state index contributed by atoms with van der Waals surface area (Å²) in [5, 5.41) is 11.5. The largest absolute Gasteiger partial charge is 0.465 e. The van der Waals surface area contributed by atoms with E-state index in [0.29, 0.717) is 10.9 Å². The second kappa shape index (κ2) is 6.50. The first-order valence-electron chi connectivity index (χ1n) is 6.68. The number of ether oxygens (including phenoxy) is 1. The Balaban J connectivity index is 2.04. The monoisotopic (exact) mass is 283 g/mol. The van der Waals surface area contributed by atoms with Gasteiger partial charge in [0.1, 0.15) is 4.88 Å². The van der Waals surface area contributed by atoms with Crippen LogP contribution in [-0.4, -0.2) is 41.8 Å². The van der Waals surface area contributed by atoms with Crippen molar-refractivity contribution in [2.24, 2.45) is 0 Å². The molecule has 0 aliphatic carbocycles. The Morgan fingerprint density at radius 2 is 2.47 bits per heavy atom. The van der Waals surface area contributed by atoms with Crippen molar-refractivity contribution in [3.05, 3.63) is 21.9 Å². The highest BCUT2D eigenvalue weighted by Gasteiger charge is 2.27. The van der Waals surface area contributed by atoms with E-state index in [1.54, 1.807) is 0 Å². The Bertz CT molecular complexity index is 430. The van der Waals surface area contributed by atoms with Gasteiger partial charge in [-0.05, 0) is 49.7 Å². The molecule has 1 fully saturated rings. The van der Waals surface area contributed by atoms with Gasteiger partial charge in [-0.25, -0.2) is 4.79 Å². The standard InChI is InChI=1S/C14H21NO3S/c1-10(16)8-12-4-3-6-15(12)9-11-5-7-19-13(11)14(17)18-2/h5,7,10,12,16H,3-4,6,8-9H2,1-2H3. The van der Waals surface area contributed by atoms with Gasteiger partial charge in [-0.15, -0.1) is 11.3 Å². The fraction of sp³-hybridized carbons (Fsp3) is 0.643. The normalized spacial score (nSPS) is 21.5. The third kappa shape index (κ3) is 3.55. The molecule has 19 heavy (non-hydrogen) atoms. The average Bonchev–Trinajstić information content (AvgIpc) is 2.98. The molecule has 1 N–H and O–H groups in total. The van der Waals surface area contributed by atoms with Gasteiger partial charge in [0, 0.05) is 12.6 Å². The molecule has 2 heterocycles. The fourth-order valence-electron chi connectivity index (χ4n) is 2.71. The Hall–Kier alpha value is -0.910. The summed E-state index contributed by atoms with van der Waals surface area (Å²) >= 11 is 1.43. The van der Waals surface area contributed by atoms with Crippen molar-refractivity contribution in [1.29, 1.82) is 0 Å². The van der Waals surface area contributed by atoms with E-state index in [9.17, 15) is 9.90 Å². The lowest BCUT2D eigenvalue weighted by Crippen LogP contribution is -2.31. The fourth-order valence-corrected chi connectivity index (χ4v) is 3.55. The van der Waals surface area contributed by atoms with Gasteiger partial charge < -0.3 is 9.84 Å². The van der Waals surface area contributed by atoms with E-state index in [1.165, 1.54) is 18.4 Å². The number of likely N-dealkylation sites (tertiary alicyclic amines) is 1. The molecule has 2 unspecified atom stereocenters. The van der Waals surface area contributed by atoms with E-state index in [0.717, 1.165) is 37.9 Å². The molecule has 5 heteroatoms. The first-order chi connectivity index (χ1) is 9.11. The van der Waals surface area contributed by atoms with E-state index < -0.39 is 0 Å². The molecular formula is C14H21NO3S. The number of nitrogens with zero attached hydrogens (tertiary/aromatic N) is 1. The van der Waals surface area contributed by atoms with Crippen LogP contribution in [0.15, 0.2) is 11.4 Å². The lowest BCUT2D eigenvalue weighted by molar-refractivity contribution is 0.0603. The zero-order valence-corrected chi connectivity index (χ0v) is 12.3. The number of hydrogen-bond donors (Lipinski definition) is 1. The van der Waals surface area contributed by atoms with Gasteiger partial charge in [-0.3, -0.25) is 4.90 Å². The highest BCUT2D eigenvalue weighted by atomic mass is 32.1. The Morgan fingerprint density at radius 1 is 1.68 bits per heavy atom. The van der Waals surface area contributed by atoms with Crippen molar-refractivity contribution < 1.29 is 14.6 Å². The number of methoxy groups -OCH3 is 1. The second-order valence-electron chi connectivity index (χ2n) is 5.12. The predicted molar refractivity (Wildman–Crippen MR) is 75.4 cm³/mol. The van der Waals surface area contributed by atoms with Gasteiger partial charge in [0.25, 0.3) is 0 Å². The summed E-state index contributed by atoms with van der Waals surface area (Å²) in [4.78, 5) is 14.7. The third-order valence-corrected chi connectivity index (χ3v) is 4.54. The molecule has 0 saturated carbocycles. The lowest BCUT2D eigenvalue weighted by atomic mass is 10.1. The molecule has 2 rings (SSSR count). The maximum absolute atomic E-state index is 11.7. The van der Waals surface area contributed by atoms with Gasteiger partial charge >= 0.3 is 5.97 Å². The lowest BCUT2D eigenvalue weighted by Gasteiger charge is -2.25. The van der Waals surface area contributed by atoms with E-state index in [-0.39, 0.29) is 12.1 Å². The van der Waals surface area contributed by atoms with Crippen LogP contribution in [0.2, 0.25) is 0 Å². The average molecular weight is 283 g/mol. The highest BCUT2D eigenvalue weighted by molar-refractivity contribution is 7.12. The Labute approximate surface area is 118 Å². The van der Waals surface area contributed by atoms with Crippen molar-refractivity contribution in [1.82, 2.24) is 4.90 Å². The number of aliphatic hydroxyl groups excluding tert-OH is 1. The molecule has 0 radical (unpaired) electrons. The number of thiophene rings is 1. The quantitative estimate of drug-likeness (QED) is 0.842. The van der Waals surface area contributed by atoms with Gasteiger partial charge in [-0.2, -0.15) is 0 Å². The van der Waals surface area contributed by atoms with Crippen LogP contribution in [0.5, 0.6) is 0 Å². The van der Waals surface area contributed by atoms with Gasteiger partial charge in [0.15, 0.2) is 0 Å². The van der Waals surface area contributed by atoms with Gasteiger partial charge in [-0.1, -0.05) is 0 Å². The minimum Gasteiger partial charge on any atom is -0.465 e. The minimum atomic E-state index is -0.270. The Kier molecular flexibility index (Phi) is 4.96. The van der Waals surface area contributed by atoms with Crippen LogP contribution in [0.1, 0.15) is 41.4 Å². The molecule has 106 valence electrons. The first-order valence-corrected chi connectivity index (χ1v) is 7.56. The maximum atomic E-state index is 11.7. The number of carbonyl (C=O) groups excluding carboxylic acids is 1. The summed E-state index contributed by atoms with van der Waals surface area (Å²) in [6.07, 6.45) is 2.82. The summed E-state index contributed by atoms with van der Waals surface area (Å²) in [5.41, 5.74) is 1.04. The summed E-state index contributed by atoms with van der Waals surface area (Å²) in [6, 6.07) is 2.42. The van der Waals surface area contributed by atoms with Crippen LogP contribution in [0.25, 0.3) is 0 Å². The minimum absolute atomic E-state index is 0.253. The van der Waals surface area contributed by atoms with Crippen molar-refractivity contribution in [3.63, 3.8) is 0 Å². The number of carbonyl (C=O) groups is 1. The van der Waals surface area contributed by atoms with Crippen LogP contribution >= 0.6 is 11.3 Å². The molecule has 1 aromatic heterocycles. The second-order valence-corrected chi connectivity index (χ2v) is 6.03. The molecule has 1 aliphatic heterocycles. The molecule has 1 aliphatic rings. The third-order valence-electron chi connectivity index (χ3n) is 3.60. The van der Waals surface area contributed by atoms with Gasteiger partial charge in [0.05, 0.1) is 13.2 Å². The van der Waals surface area contributed by atoms with E-state index in [4.69, 9.17) is 4.74 Å². The molecule has 1 saturated heterocycles. The molecule has 0 amide bonds. The number of esters is 1. The van der Waals surface area contributed by atoms with Crippen LogP contribution in [-0.2, 0) is 11.3 Å². The predicted octanol–water partition coefficient (Wildman–Crippen LogP) is 2.27. The zero-order valence-electron chi connectivity index (χ0n) is 11.5. The van der Waals surface area contributed by atoms with Crippen molar-refractivity contribution in [2.45, 2.75) is 44.9 Å². The Morgan fingerprint density at radius 3 is 3.16 bits per heavy atom. The van der Waals surface area contributed by atoms with Crippen molar-refractivity contribution in [3.8, 4) is 0 Å². The van der Waals surface area contributed by atoms with Crippen LogP contribution in [0, 0.1) is 0 Å². The molecule has 4 nitrogen and oxygen atoms in total. The van der Waals surface area contributed by atoms with Crippen LogP contribution < -0.4 is 0 Å². The van der Waals surface area contributed by atoms with Gasteiger partial charge in [0.2, 0.25) is 0 Å². The van der Waals surface area contributed by atoms with Crippen molar-refractivity contribution in [2.75, 3.05) is 13.7 Å². The van der Waals surface area contributed by atoms with Crippen molar-refractivity contribution >= 4 is 17.3 Å². The zero-order chi connectivity index (χ0) is 13.8. The maximum Gasteiger partial charge on any atom is 0.348 e. The summed E-state index contributed by atoms with van der Waals surface area (Å²) in [5.74, 6) is -0.253. The molecule has 0 spiro atoms. The summed E-state index contributed by atoms with van der Waals surface area (Å²) in [7, 11) is 1.41.